The van der Waals surface area contributed by atoms with E-state index >= 15 is 0 Å². The summed E-state index contributed by atoms with van der Waals surface area (Å²) >= 11 is 0. The van der Waals surface area contributed by atoms with Crippen LogP contribution in [0, 0.1) is 0 Å². The summed E-state index contributed by atoms with van der Waals surface area (Å²) in [7, 11) is 0. The van der Waals surface area contributed by atoms with Crippen molar-refractivity contribution >= 4 is 71.2 Å². The highest BCUT2D eigenvalue weighted by Crippen LogP contribution is 2.42. The van der Waals surface area contributed by atoms with Crippen molar-refractivity contribution in [3.05, 3.63) is 176 Å². The van der Waals surface area contributed by atoms with Crippen molar-refractivity contribution in [2.75, 3.05) is 0 Å². The van der Waals surface area contributed by atoms with Gasteiger partial charge in [0.05, 0.1) is 22.1 Å². The van der Waals surface area contributed by atoms with Crippen LogP contribution < -0.4 is 0 Å². The standard InChI is InChI=1S/C51H33N5O/c1-3-14-32(15-4-1)33-16-13-17-34(30-33)49-52-50(35-26-29-46-42(31-35)39-22-9-12-25-45(39)57-46)54-51(53-49)56-44-24-11-8-21-38(44)41-28-27-40-37-20-7-10-23-43(37)55(47(40)48(41)56)36-18-5-2-6-19-36/h1-5,7-18,20-31H,6,19H2. The van der Waals surface area contributed by atoms with Crippen LogP contribution in [0.25, 0.3) is 111 Å². The highest BCUT2D eigenvalue weighted by molar-refractivity contribution is 6.24. The maximum absolute atomic E-state index is 6.23. The van der Waals surface area contributed by atoms with Crippen LogP contribution in [0.4, 0.5) is 0 Å². The van der Waals surface area contributed by atoms with Crippen LogP contribution in [0.3, 0.4) is 0 Å². The fraction of sp³-hybridized carbons (Fsp3) is 0.0392. The zero-order valence-electron chi connectivity index (χ0n) is 30.8. The molecule has 0 N–H and O–H groups in total. The average Bonchev–Trinajstić information content (AvgIpc) is 3.94. The topological polar surface area (TPSA) is 61.7 Å². The summed E-state index contributed by atoms with van der Waals surface area (Å²) in [6, 6.07) is 55.2. The Hall–Kier alpha value is -7.57. The molecule has 4 heterocycles. The number of fused-ring (bicyclic) bond motifs is 10. The molecule has 11 aromatic rings. The van der Waals surface area contributed by atoms with Crippen molar-refractivity contribution in [2.45, 2.75) is 12.8 Å². The molecule has 57 heavy (non-hydrogen) atoms. The van der Waals surface area contributed by atoms with E-state index < -0.39 is 0 Å². The molecule has 0 saturated heterocycles. The van der Waals surface area contributed by atoms with Gasteiger partial charge in [0.25, 0.3) is 0 Å². The molecule has 0 fully saturated rings. The zero-order valence-corrected chi connectivity index (χ0v) is 30.8. The van der Waals surface area contributed by atoms with Gasteiger partial charge in [-0.2, -0.15) is 9.97 Å². The van der Waals surface area contributed by atoms with Gasteiger partial charge in [-0.3, -0.25) is 4.57 Å². The molecule has 4 aromatic heterocycles. The van der Waals surface area contributed by atoms with Crippen LogP contribution in [0.15, 0.2) is 180 Å². The molecule has 0 unspecified atom stereocenters. The second kappa shape index (κ2) is 12.5. The van der Waals surface area contributed by atoms with Gasteiger partial charge < -0.3 is 8.98 Å². The van der Waals surface area contributed by atoms with Crippen LogP contribution in [0.2, 0.25) is 0 Å². The summed E-state index contributed by atoms with van der Waals surface area (Å²) in [5, 5.41) is 6.79. The van der Waals surface area contributed by atoms with Crippen LogP contribution >= 0.6 is 0 Å². The maximum atomic E-state index is 6.23. The zero-order chi connectivity index (χ0) is 37.5. The number of aromatic nitrogens is 5. The van der Waals surface area contributed by atoms with E-state index in [9.17, 15) is 0 Å². The molecule has 0 atom stereocenters. The Labute approximate surface area is 327 Å². The minimum absolute atomic E-state index is 0.560. The summed E-state index contributed by atoms with van der Waals surface area (Å²) in [6.45, 7) is 0. The van der Waals surface area contributed by atoms with E-state index in [1.54, 1.807) is 0 Å². The van der Waals surface area contributed by atoms with Gasteiger partial charge in [0.2, 0.25) is 5.95 Å². The van der Waals surface area contributed by atoms with Crippen molar-refractivity contribution in [1.29, 1.82) is 0 Å². The van der Waals surface area contributed by atoms with Crippen LogP contribution in [-0.4, -0.2) is 24.1 Å². The molecular formula is C51H33N5O. The number of hydrogen-bond acceptors (Lipinski definition) is 4. The first-order valence-electron chi connectivity index (χ1n) is 19.4. The normalized spacial score (nSPS) is 13.2. The number of furan rings is 1. The van der Waals surface area contributed by atoms with Crippen LogP contribution in [0.5, 0.6) is 0 Å². The van der Waals surface area contributed by atoms with Gasteiger partial charge in [-0.25, -0.2) is 4.98 Å². The predicted octanol–water partition coefficient (Wildman–Crippen LogP) is 13.2. The minimum Gasteiger partial charge on any atom is -0.456 e. The quantitative estimate of drug-likeness (QED) is 0.177. The number of hydrogen-bond donors (Lipinski definition) is 0. The predicted molar refractivity (Wildman–Crippen MR) is 233 cm³/mol. The molecule has 6 heteroatoms. The third-order valence-corrected chi connectivity index (χ3v) is 11.4. The maximum Gasteiger partial charge on any atom is 0.238 e. The molecule has 0 radical (unpaired) electrons. The fourth-order valence-electron chi connectivity index (χ4n) is 8.84. The SMILES string of the molecule is C1=CCCC(n2c3ccccc3c3ccc4c5ccccc5n(-c5nc(-c6cccc(-c7ccccc7)c6)nc(-c6ccc7oc8ccccc8c7c6)n5)c4c32)=C1. The smallest absolute Gasteiger partial charge is 0.238 e. The highest BCUT2D eigenvalue weighted by Gasteiger charge is 2.24. The van der Waals surface area contributed by atoms with E-state index in [1.807, 2.05) is 30.3 Å². The summed E-state index contributed by atoms with van der Waals surface area (Å²) in [6.07, 6.45) is 8.63. The van der Waals surface area contributed by atoms with E-state index in [2.05, 4.69) is 155 Å². The van der Waals surface area contributed by atoms with E-state index in [4.69, 9.17) is 19.4 Å². The highest BCUT2D eigenvalue weighted by atomic mass is 16.3. The molecule has 0 aliphatic heterocycles. The lowest BCUT2D eigenvalue weighted by molar-refractivity contribution is 0.669. The van der Waals surface area contributed by atoms with Crippen molar-refractivity contribution in [3.8, 4) is 39.9 Å². The van der Waals surface area contributed by atoms with Crippen molar-refractivity contribution in [2.24, 2.45) is 0 Å². The first-order valence-corrected chi connectivity index (χ1v) is 19.4. The molecular weight excluding hydrogens is 699 g/mol. The Morgan fingerprint density at radius 1 is 0.439 bits per heavy atom. The van der Waals surface area contributed by atoms with Crippen LogP contribution in [-0.2, 0) is 0 Å². The summed E-state index contributed by atoms with van der Waals surface area (Å²) < 4.78 is 11.0. The molecule has 0 amide bonds. The van der Waals surface area contributed by atoms with Gasteiger partial charge in [-0.1, -0.05) is 127 Å². The molecule has 0 saturated carbocycles. The Balaban J connectivity index is 1.19. The minimum atomic E-state index is 0.560. The lowest BCUT2D eigenvalue weighted by Crippen LogP contribution is -2.07. The second-order valence-corrected chi connectivity index (χ2v) is 14.7. The summed E-state index contributed by atoms with van der Waals surface area (Å²) in [5.74, 6) is 1.75. The number of allylic oxidation sites excluding steroid dienone is 4. The fourth-order valence-corrected chi connectivity index (χ4v) is 8.84. The largest absolute Gasteiger partial charge is 0.456 e. The van der Waals surface area contributed by atoms with Crippen molar-refractivity contribution < 1.29 is 4.42 Å². The lowest BCUT2D eigenvalue weighted by Gasteiger charge is -2.16. The van der Waals surface area contributed by atoms with E-state index in [1.165, 1.54) is 22.0 Å². The Morgan fingerprint density at radius 3 is 1.81 bits per heavy atom. The number of para-hydroxylation sites is 3. The van der Waals surface area contributed by atoms with Gasteiger partial charge in [-0.05, 0) is 72.5 Å². The van der Waals surface area contributed by atoms with Gasteiger partial charge in [0.15, 0.2) is 11.6 Å². The van der Waals surface area contributed by atoms with Gasteiger partial charge in [0.1, 0.15) is 11.2 Å². The molecule has 12 rings (SSSR count). The molecule has 0 bridgehead atoms. The Morgan fingerprint density at radius 2 is 1.05 bits per heavy atom. The van der Waals surface area contributed by atoms with Crippen LogP contribution in [0.1, 0.15) is 12.8 Å². The Bertz CT molecular complexity index is 3470. The molecule has 1 aliphatic rings. The molecule has 268 valence electrons. The third kappa shape index (κ3) is 4.94. The molecule has 0 spiro atoms. The first-order chi connectivity index (χ1) is 28.3. The van der Waals surface area contributed by atoms with Crippen molar-refractivity contribution in [1.82, 2.24) is 24.1 Å². The number of rotatable bonds is 5. The number of nitrogens with zero attached hydrogens (tertiary/aromatic N) is 5. The van der Waals surface area contributed by atoms with E-state index in [-0.39, 0.29) is 0 Å². The second-order valence-electron chi connectivity index (χ2n) is 14.7. The van der Waals surface area contributed by atoms with E-state index in [0.717, 1.165) is 84.4 Å². The molecule has 7 aromatic carbocycles. The monoisotopic (exact) mass is 731 g/mol. The summed E-state index contributed by atoms with van der Waals surface area (Å²) in [4.78, 5) is 16.1. The lowest BCUT2D eigenvalue weighted by atomic mass is 10.0. The first kappa shape index (κ1) is 31.7. The summed E-state index contributed by atoms with van der Waals surface area (Å²) in [5.41, 5.74) is 11.4. The molecule has 6 nitrogen and oxygen atoms in total. The van der Waals surface area contributed by atoms with Gasteiger partial charge in [-0.15, -0.1) is 0 Å². The van der Waals surface area contributed by atoms with Gasteiger partial charge >= 0.3 is 0 Å². The number of benzene rings is 7. The molecule has 1 aliphatic carbocycles. The van der Waals surface area contributed by atoms with Crippen molar-refractivity contribution in [3.63, 3.8) is 0 Å². The Kier molecular flexibility index (Phi) is 6.95. The van der Waals surface area contributed by atoms with Gasteiger partial charge in [0, 0.05) is 49.1 Å². The van der Waals surface area contributed by atoms with E-state index in [0.29, 0.717) is 17.6 Å². The third-order valence-electron chi connectivity index (χ3n) is 11.4. The average molecular weight is 732 g/mol.